The molecule has 0 aromatic heterocycles. The summed E-state index contributed by atoms with van der Waals surface area (Å²) in [6.07, 6.45) is -0.271. The topological polar surface area (TPSA) is 121 Å². The monoisotopic (exact) mass is 428 g/mol. The van der Waals surface area contributed by atoms with Gasteiger partial charge in [-0.1, -0.05) is 74.0 Å². The molecule has 0 aliphatic rings. The van der Waals surface area contributed by atoms with Crippen LogP contribution in [0.1, 0.15) is 37.3 Å². The molecule has 150 valence electrons. The third kappa shape index (κ3) is 6.38. The summed E-state index contributed by atoms with van der Waals surface area (Å²) in [5.74, 6) is -2.96. The zero-order valence-electron chi connectivity index (χ0n) is 16.3. The number of esters is 1. The molecule has 9 heteroatoms. The summed E-state index contributed by atoms with van der Waals surface area (Å²) < 4.78 is 40.2. The molecule has 1 unspecified atom stereocenters. The molecule has 0 saturated carbocycles. The van der Waals surface area contributed by atoms with E-state index in [2.05, 4.69) is 0 Å². The average Bonchev–Trinajstić information content (AvgIpc) is 2.66. The Bertz CT molecular complexity index is 875. The van der Waals surface area contributed by atoms with Crippen molar-refractivity contribution in [2.45, 2.75) is 37.0 Å². The largest absolute Gasteiger partial charge is 1.00 e. The fourth-order valence-electron chi connectivity index (χ4n) is 3.09. The van der Waals surface area contributed by atoms with Crippen LogP contribution in [0.4, 0.5) is 0 Å². The van der Waals surface area contributed by atoms with Gasteiger partial charge in [-0.15, -0.1) is 0 Å². The van der Waals surface area contributed by atoms with Crippen LogP contribution in [0.25, 0.3) is 0 Å². The van der Waals surface area contributed by atoms with Gasteiger partial charge in [0.25, 0.3) is 0 Å². The molecule has 2 aromatic rings. The van der Waals surface area contributed by atoms with Crippen molar-refractivity contribution in [3.63, 3.8) is 0 Å². The van der Waals surface area contributed by atoms with E-state index in [0.717, 1.165) is 0 Å². The number of hydrogen-bond donors (Lipinski definition) is 1. The molecule has 0 fully saturated rings. The maximum Gasteiger partial charge on any atom is 1.00 e. The van der Waals surface area contributed by atoms with Crippen molar-refractivity contribution in [3.8, 4) is 0 Å². The molecule has 2 rings (SSSR count). The van der Waals surface area contributed by atoms with Gasteiger partial charge in [0.15, 0.2) is 10.9 Å². The van der Waals surface area contributed by atoms with Crippen LogP contribution in [0.3, 0.4) is 0 Å². The molecule has 0 aliphatic carbocycles. The minimum absolute atomic E-state index is 0. The summed E-state index contributed by atoms with van der Waals surface area (Å²) in [5, 5.41) is 6.60. The molecule has 2 aromatic carbocycles. The van der Waals surface area contributed by atoms with Crippen molar-refractivity contribution >= 4 is 22.1 Å². The van der Waals surface area contributed by atoms with Crippen LogP contribution in [-0.4, -0.2) is 35.3 Å². The minimum atomic E-state index is -5.22. The molecule has 0 radical (unpaired) electrons. The van der Waals surface area contributed by atoms with E-state index < -0.39 is 39.3 Å². The molecule has 7 nitrogen and oxygen atoms in total. The van der Waals surface area contributed by atoms with Gasteiger partial charge < -0.3 is 14.4 Å². The van der Waals surface area contributed by atoms with E-state index in [-0.39, 0.29) is 29.6 Å². The number of carbonyl (C=O) groups excluding carboxylic acids is 1. The van der Waals surface area contributed by atoms with E-state index in [1.807, 2.05) is 6.92 Å². The van der Waals surface area contributed by atoms with Gasteiger partial charge in [-0.2, -0.15) is 0 Å². The predicted octanol–water partition coefficient (Wildman–Crippen LogP) is -0.334. The Hall–Kier alpha value is -1.71. The van der Waals surface area contributed by atoms with Crippen LogP contribution >= 0.6 is 0 Å². The fourth-order valence-corrected chi connectivity index (χ4v) is 3.72. The van der Waals surface area contributed by atoms with Crippen molar-refractivity contribution in [3.05, 3.63) is 71.8 Å². The number of carboxylic acids is 1. The number of ether oxygens (including phenoxy) is 1. The molecule has 1 N–H and O–H groups in total. The first-order valence-corrected chi connectivity index (χ1v) is 10.2. The van der Waals surface area contributed by atoms with E-state index in [9.17, 15) is 22.6 Å². The summed E-state index contributed by atoms with van der Waals surface area (Å²) in [6, 6.07) is 17.5. The maximum atomic E-state index is 12.7. The summed E-state index contributed by atoms with van der Waals surface area (Å²) in [4.78, 5) is 23.7. The summed E-state index contributed by atoms with van der Waals surface area (Å²) in [7, 11) is -5.22. The zero-order chi connectivity index (χ0) is 20.8. The second-order valence-electron chi connectivity index (χ2n) is 6.31. The molecule has 0 spiro atoms. The number of aliphatic carboxylic acids is 1. The van der Waals surface area contributed by atoms with Gasteiger partial charge >= 0.3 is 41.5 Å². The molecule has 0 aliphatic heterocycles. The number of hydrogen-bond acceptors (Lipinski definition) is 6. The van der Waals surface area contributed by atoms with Crippen molar-refractivity contribution in [1.82, 2.24) is 0 Å². The Kier molecular flexibility index (Phi) is 9.51. The first-order chi connectivity index (χ1) is 13.2. The normalized spacial score (nSPS) is 12.5. The molecular weight excluding hydrogens is 407 g/mol. The summed E-state index contributed by atoms with van der Waals surface area (Å²) in [6.45, 7) is 1.87. The molecule has 0 saturated heterocycles. The molecule has 0 heterocycles. The Labute approximate surface area is 192 Å². The van der Waals surface area contributed by atoms with E-state index >= 15 is 0 Å². The summed E-state index contributed by atoms with van der Waals surface area (Å²) >= 11 is 0. The van der Waals surface area contributed by atoms with Crippen molar-refractivity contribution in [2.75, 3.05) is 0 Å². The Morgan fingerprint density at radius 2 is 1.48 bits per heavy atom. The van der Waals surface area contributed by atoms with Gasteiger partial charge in [-0.25, -0.2) is 8.42 Å². The van der Waals surface area contributed by atoms with E-state index in [1.165, 1.54) is 0 Å². The minimum Gasteiger partial charge on any atom is -0.747 e. The third-order valence-corrected chi connectivity index (χ3v) is 5.38. The molecular formula is C20H21NaO7S. The quantitative estimate of drug-likeness (QED) is 0.330. The molecule has 29 heavy (non-hydrogen) atoms. The van der Waals surface area contributed by atoms with Crippen LogP contribution < -0.4 is 29.6 Å². The first kappa shape index (κ1) is 25.3. The zero-order valence-corrected chi connectivity index (χ0v) is 19.1. The number of benzene rings is 2. The van der Waals surface area contributed by atoms with E-state index in [0.29, 0.717) is 24.0 Å². The van der Waals surface area contributed by atoms with Crippen LogP contribution in [-0.2, 0) is 30.0 Å². The Morgan fingerprint density at radius 1 is 1.03 bits per heavy atom. The standard InChI is InChI=1S/C20H22O7S.Na/c1-2-13-20(15-9-5-3-6-10-15,16-11-7-4-8-12-16)27-19(23)17(14-18(21)22)28(24,25)26;/h3-12,17H,2,13-14H2,1H3,(H,21,22)(H,24,25,26);/q;+1/p-1. The Morgan fingerprint density at radius 3 is 1.83 bits per heavy atom. The first-order valence-electron chi connectivity index (χ1n) is 8.71. The van der Waals surface area contributed by atoms with Crippen LogP contribution in [0.5, 0.6) is 0 Å². The number of carboxylic acid groups (broad SMARTS) is 1. The molecule has 0 amide bonds. The maximum absolute atomic E-state index is 12.7. The number of rotatable bonds is 9. The van der Waals surface area contributed by atoms with E-state index in [4.69, 9.17) is 9.84 Å². The van der Waals surface area contributed by atoms with Gasteiger partial charge in [0.1, 0.15) is 10.1 Å². The summed E-state index contributed by atoms with van der Waals surface area (Å²) in [5.41, 5.74) is -0.168. The van der Waals surface area contributed by atoms with Crippen molar-refractivity contribution < 1.29 is 62.0 Å². The predicted molar refractivity (Wildman–Crippen MR) is 100 cm³/mol. The van der Waals surface area contributed by atoms with Crippen LogP contribution in [0.15, 0.2) is 60.7 Å². The van der Waals surface area contributed by atoms with Gasteiger partial charge in [0.05, 0.1) is 6.42 Å². The van der Waals surface area contributed by atoms with Crippen LogP contribution in [0, 0.1) is 0 Å². The van der Waals surface area contributed by atoms with E-state index in [1.54, 1.807) is 60.7 Å². The SMILES string of the molecule is CCCC(OC(=O)C(CC(=O)O)S(=O)(=O)[O-])(c1ccccc1)c1ccccc1.[Na+]. The fraction of sp³-hybridized carbons (Fsp3) is 0.300. The Balaban J connectivity index is 0.00000420. The van der Waals surface area contributed by atoms with Crippen LogP contribution in [0.2, 0.25) is 0 Å². The van der Waals surface area contributed by atoms with Crippen molar-refractivity contribution in [2.24, 2.45) is 0 Å². The number of carbonyl (C=O) groups is 2. The van der Waals surface area contributed by atoms with Gasteiger partial charge in [-0.3, -0.25) is 9.59 Å². The third-order valence-electron chi connectivity index (χ3n) is 4.33. The van der Waals surface area contributed by atoms with Gasteiger partial charge in [0.2, 0.25) is 0 Å². The second-order valence-corrected chi connectivity index (χ2v) is 7.86. The smallest absolute Gasteiger partial charge is 0.747 e. The van der Waals surface area contributed by atoms with Gasteiger partial charge in [0, 0.05) is 11.1 Å². The molecule has 0 bridgehead atoms. The average molecular weight is 428 g/mol. The van der Waals surface area contributed by atoms with Crippen molar-refractivity contribution in [1.29, 1.82) is 0 Å². The van der Waals surface area contributed by atoms with Gasteiger partial charge in [-0.05, 0) is 6.42 Å². The molecule has 1 atom stereocenters. The second kappa shape index (κ2) is 10.9.